The average molecular weight is 291 g/mol. The fraction of sp³-hybridized carbons (Fsp3) is 0.143. The predicted molar refractivity (Wildman–Crippen MR) is 75.9 cm³/mol. The van der Waals surface area contributed by atoms with Crippen molar-refractivity contribution < 1.29 is 19.4 Å². The average Bonchev–Trinajstić information content (AvgIpc) is 2.97. The molecule has 1 heterocycles. The van der Waals surface area contributed by atoms with Gasteiger partial charge >= 0.3 is 12.1 Å². The summed E-state index contributed by atoms with van der Waals surface area (Å²) in [7, 11) is 0. The van der Waals surface area contributed by atoms with Crippen molar-refractivity contribution in [3.05, 3.63) is 53.4 Å². The van der Waals surface area contributed by atoms with E-state index < -0.39 is 18.6 Å². The molecule has 1 amide bonds. The SMILES string of the molecule is O=C(O)CN(C(=O)OCc1ccccc1)c1cccs1. The van der Waals surface area contributed by atoms with Crippen LogP contribution < -0.4 is 4.90 Å². The molecule has 1 aromatic heterocycles. The number of carbonyl (C=O) groups excluding carboxylic acids is 1. The van der Waals surface area contributed by atoms with E-state index >= 15 is 0 Å². The molecule has 0 radical (unpaired) electrons. The number of hydrogen-bond donors (Lipinski definition) is 1. The first-order valence-electron chi connectivity index (χ1n) is 5.90. The Bertz CT molecular complexity index is 568. The summed E-state index contributed by atoms with van der Waals surface area (Å²) in [6.07, 6.45) is -0.668. The van der Waals surface area contributed by atoms with E-state index in [-0.39, 0.29) is 6.61 Å². The molecular formula is C14H13NO4S. The number of benzene rings is 1. The second-order valence-corrected chi connectivity index (χ2v) is 4.90. The van der Waals surface area contributed by atoms with Crippen LogP contribution in [-0.4, -0.2) is 23.7 Å². The third kappa shape index (κ3) is 3.83. The van der Waals surface area contributed by atoms with Gasteiger partial charge in [0.05, 0.1) is 0 Å². The van der Waals surface area contributed by atoms with Crippen LogP contribution in [0.1, 0.15) is 5.56 Å². The first-order valence-corrected chi connectivity index (χ1v) is 6.78. The molecule has 1 N–H and O–H groups in total. The normalized spacial score (nSPS) is 10.0. The summed E-state index contributed by atoms with van der Waals surface area (Å²) in [6, 6.07) is 12.7. The molecule has 0 bridgehead atoms. The Balaban J connectivity index is 2.02. The molecular weight excluding hydrogens is 278 g/mol. The minimum absolute atomic E-state index is 0.112. The number of carbonyl (C=O) groups is 2. The van der Waals surface area contributed by atoms with Crippen molar-refractivity contribution >= 4 is 28.4 Å². The summed E-state index contributed by atoms with van der Waals surface area (Å²) in [5, 5.41) is 11.2. The van der Waals surface area contributed by atoms with Crippen LogP contribution in [0.25, 0.3) is 0 Å². The molecule has 2 rings (SSSR count). The summed E-state index contributed by atoms with van der Waals surface area (Å²) >= 11 is 1.28. The summed E-state index contributed by atoms with van der Waals surface area (Å²) in [5.74, 6) is -1.09. The van der Waals surface area contributed by atoms with Crippen molar-refractivity contribution in [3.8, 4) is 0 Å². The first kappa shape index (κ1) is 14.1. The number of hydrogen-bond acceptors (Lipinski definition) is 4. The topological polar surface area (TPSA) is 66.8 Å². The molecule has 104 valence electrons. The van der Waals surface area contributed by atoms with E-state index in [1.807, 2.05) is 30.3 Å². The van der Waals surface area contributed by atoms with Gasteiger partial charge in [-0.2, -0.15) is 0 Å². The molecule has 0 spiro atoms. The zero-order valence-corrected chi connectivity index (χ0v) is 11.4. The summed E-state index contributed by atoms with van der Waals surface area (Å²) in [4.78, 5) is 23.9. The van der Waals surface area contributed by atoms with Crippen LogP contribution in [-0.2, 0) is 16.1 Å². The number of amides is 1. The monoisotopic (exact) mass is 291 g/mol. The molecule has 0 aliphatic heterocycles. The summed E-state index contributed by atoms with van der Waals surface area (Å²) in [5.41, 5.74) is 0.849. The number of rotatable bonds is 5. The maximum atomic E-state index is 12.0. The van der Waals surface area contributed by atoms with Crippen LogP contribution >= 0.6 is 11.3 Å². The molecule has 0 aliphatic rings. The molecule has 2 aromatic rings. The number of nitrogens with zero attached hydrogens (tertiary/aromatic N) is 1. The minimum Gasteiger partial charge on any atom is -0.480 e. The zero-order valence-electron chi connectivity index (χ0n) is 10.6. The molecule has 0 unspecified atom stereocenters. The fourth-order valence-corrected chi connectivity index (χ4v) is 2.31. The Hall–Kier alpha value is -2.34. The Morgan fingerprint density at radius 3 is 2.50 bits per heavy atom. The van der Waals surface area contributed by atoms with Crippen molar-refractivity contribution in [2.45, 2.75) is 6.61 Å². The number of anilines is 1. The van der Waals surface area contributed by atoms with Gasteiger partial charge < -0.3 is 9.84 Å². The Kier molecular flexibility index (Phi) is 4.73. The van der Waals surface area contributed by atoms with Gasteiger partial charge in [0.25, 0.3) is 0 Å². The number of carboxylic acids is 1. The smallest absolute Gasteiger partial charge is 0.415 e. The van der Waals surface area contributed by atoms with E-state index in [1.165, 1.54) is 11.3 Å². The number of thiophene rings is 1. The van der Waals surface area contributed by atoms with E-state index in [9.17, 15) is 9.59 Å². The third-order valence-corrected chi connectivity index (χ3v) is 3.38. The molecule has 6 heteroatoms. The third-order valence-electron chi connectivity index (χ3n) is 2.49. The molecule has 0 saturated carbocycles. The van der Waals surface area contributed by atoms with E-state index in [0.717, 1.165) is 10.5 Å². The van der Waals surface area contributed by atoms with Gasteiger partial charge in [0, 0.05) is 0 Å². The van der Waals surface area contributed by atoms with E-state index in [4.69, 9.17) is 9.84 Å². The maximum Gasteiger partial charge on any atom is 0.415 e. The van der Waals surface area contributed by atoms with Gasteiger partial charge in [0.1, 0.15) is 18.2 Å². The number of carboxylic acid groups (broad SMARTS) is 1. The molecule has 0 fully saturated rings. The molecule has 0 atom stereocenters. The molecule has 5 nitrogen and oxygen atoms in total. The van der Waals surface area contributed by atoms with Crippen LogP contribution in [0.5, 0.6) is 0 Å². The highest BCUT2D eigenvalue weighted by Crippen LogP contribution is 2.22. The van der Waals surface area contributed by atoms with Gasteiger partial charge in [-0.3, -0.25) is 9.69 Å². The van der Waals surface area contributed by atoms with Crippen molar-refractivity contribution in [3.63, 3.8) is 0 Å². The molecule has 0 aliphatic carbocycles. The quantitative estimate of drug-likeness (QED) is 0.919. The first-order chi connectivity index (χ1) is 9.66. The lowest BCUT2D eigenvalue weighted by molar-refractivity contribution is -0.135. The predicted octanol–water partition coefficient (Wildman–Crippen LogP) is 2.98. The lowest BCUT2D eigenvalue weighted by Crippen LogP contribution is -2.35. The number of ether oxygens (including phenoxy) is 1. The van der Waals surface area contributed by atoms with E-state index in [2.05, 4.69) is 0 Å². The zero-order chi connectivity index (χ0) is 14.4. The van der Waals surface area contributed by atoms with Crippen LogP contribution in [0, 0.1) is 0 Å². The van der Waals surface area contributed by atoms with Crippen LogP contribution in [0.15, 0.2) is 47.8 Å². The van der Waals surface area contributed by atoms with Crippen molar-refractivity contribution in [1.82, 2.24) is 0 Å². The Morgan fingerprint density at radius 2 is 1.90 bits per heavy atom. The van der Waals surface area contributed by atoms with Gasteiger partial charge in [-0.1, -0.05) is 30.3 Å². The van der Waals surface area contributed by atoms with Gasteiger partial charge in [-0.25, -0.2) is 4.79 Å². The lowest BCUT2D eigenvalue weighted by atomic mass is 10.2. The number of aliphatic carboxylic acids is 1. The van der Waals surface area contributed by atoms with Crippen molar-refractivity contribution in [1.29, 1.82) is 0 Å². The van der Waals surface area contributed by atoms with E-state index in [0.29, 0.717) is 5.00 Å². The fourth-order valence-electron chi connectivity index (χ4n) is 1.59. The van der Waals surface area contributed by atoms with Gasteiger partial charge in [-0.15, -0.1) is 11.3 Å². The molecule has 1 aromatic carbocycles. The molecule has 0 saturated heterocycles. The van der Waals surface area contributed by atoms with Gasteiger partial charge in [0.2, 0.25) is 0 Å². The second-order valence-electron chi connectivity index (χ2n) is 3.97. The minimum atomic E-state index is -1.09. The van der Waals surface area contributed by atoms with Crippen LogP contribution in [0.2, 0.25) is 0 Å². The largest absolute Gasteiger partial charge is 0.480 e. The summed E-state index contributed by atoms with van der Waals surface area (Å²) < 4.78 is 5.15. The maximum absolute atomic E-state index is 12.0. The summed E-state index contributed by atoms with van der Waals surface area (Å²) in [6.45, 7) is -0.310. The van der Waals surface area contributed by atoms with Gasteiger partial charge in [-0.05, 0) is 23.1 Å². The van der Waals surface area contributed by atoms with E-state index in [1.54, 1.807) is 17.5 Å². The highest BCUT2D eigenvalue weighted by molar-refractivity contribution is 7.14. The molecule has 20 heavy (non-hydrogen) atoms. The Labute approximate surface area is 120 Å². The van der Waals surface area contributed by atoms with Crippen molar-refractivity contribution in [2.75, 3.05) is 11.4 Å². The highest BCUT2D eigenvalue weighted by Gasteiger charge is 2.21. The standard InChI is InChI=1S/C14H13NO4S/c16-13(17)9-15(12-7-4-8-20-12)14(18)19-10-11-5-2-1-3-6-11/h1-8H,9-10H2,(H,16,17). The van der Waals surface area contributed by atoms with Crippen LogP contribution in [0.4, 0.5) is 9.80 Å². The van der Waals surface area contributed by atoms with Gasteiger partial charge in [0.15, 0.2) is 0 Å². The second kappa shape index (κ2) is 6.72. The van der Waals surface area contributed by atoms with Crippen molar-refractivity contribution in [2.24, 2.45) is 0 Å². The Morgan fingerprint density at radius 1 is 1.15 bits per heavy atom. The van der Waals surface area contributed by atoms with Crippen LogP contribution in [0.3, 0.4) is 0 Å². The lowest BCUT2D eigenvalue weighted by Gasteiger charge is -2.18. The highest BCUT2D eigenvalue weighted by atomic mass is 32.1.